The summed E-state index contributed by atoms with van der Waals surface area (Å²) in [5.41, 5.74) is 1.37. The van der Waals surface area contributed by atoms with Crippen molar-refractivity contribution in [3.05, 3.63) is 63.7 Å². The molecule has 0 amide bonds. The van der Waals surface area contributed by atoms with Gasteiger partial charge in [0.1, 0.15) is 5.75 Å². The van der Waals surface area contributed by atoms with E-state index in [1.807, 2.05) is 18.2 Å². The molecule has 0 spiro atoms. The lowest BCUT2D eigenvalue weighted by molar-refractivity contribution is 0.311. The molecule has 0 fully saturated rings. The average molecular weight is 338 g/mol. The SMILES string of the molecule is Ic1ccc(OCCCc2ccccc2)cc1. The van der Waals surface area contributed by atoms with E-state index in [0.717, 1.165) is 25.2 Å². The predicted octanol–water partition coefficient (Wildman–Crippen LogP) is 4.30. The van der Waals surface area contributed by atoms with E-state index in [9.17, 15) is 0 Å². The zero-order valence-electron chi connectivity index (χ0n) is 9.60. The fourth-order valence-corrected chi connectivity index (χ4v) is 2.00. The van der Waals surface area contributed by atoms with Gasteiger partial charge in [-0.15, -0.1) is 0 Å². The Bertz CT molecular complexity index is 436. The Hall–Kier alpha value is -1.03. The van der Waals surface area contributed by atoms with Gasteiger partial charge in [-0.05, 0) is 65.3 Å². The number of benzene rings is 2. The lowest BCUT2D eigenvalue weighted by Gasteiger charge is -2.06. The minimum absolute atomic E-state index is 0.773. The van der Waals surface area contributed by atoms with Gasteiger partial charge >= 0.3 is 0 Å². The highest BCUT2D eigenvalue weighted by Gasteiger charge is 1.95. The van der Waals surface area contributed by atoms with Gasteiger partial charge in [0.2, 0.25) is 0 Å². The fraction of sp³-hybridized carbons (Fsp3) is 0.200. The van der Waals surface area contributed by atoms with Crippen molar-refractivity contribution in [2.24, 2.45) is 0 Å². The topological polar surface area (TPSA) is 9.23 Å². The predicted molar refractivity (Wildman–Crippen MR) is 79.4 cm³/mol. The zero-order valence-corrected chi connectivity index (χ0v) is 11.8. The largest absolute Gasteiger partial charge is 0.494 e. The first-order valence-electron chi connectivity index (χ1n) is 5.77. The van der Waals surface area contributed by atoms with Crippen LogP contribution in [0.4, 0.5) is 0 Å². The second kappa shape index (κ2) is 6.64. The van der Waals surface area contributed by atoms with Gasteiger partial charge in [0.15, 0.2) is 0 Å². The molecule has 0 bridgehead atoms. The standard InChI is InChI=1S/C15H15IO/c16-14-8-10-15(11-9-14)17-12-4-7-13-5-2-1-3-6-13/h1-3,5-6,8-11H,4,7,12H2. The van der Waals surface area contributed by atoms with Crippen LogP contribution >= 0.6 is 22.6 Å². The summed E-state index contributed by atoms with van der Waals surface area (Å²) in [7, 11) is 0. The summed E-state index contributed by atoms with van der Waals surface area (Å²) in [6.45, 7) is 0.773. The van der Waals surface area contributed by atoms with Crippen LogP contribution in [0.15, 0.2) is 54.6 Å². The minimum atomic E-state index is 0.773. The highest BCUT2D eigenvalue weighted by atomic mass is 127. The van der Waals surface area contributed by atoms with E-state index in [0.29, 0.717) is 0 Å². The van der Waals surface area contributed by atoms with E-state index >= 15 is 0 Å². The zero-order chi connectivity index (χ0) is 11.9. The minimum Gasteiger partial charge on any atom is -0.494 e. The van der Waals surface area contributed by atoms with Crippen molar-refractivity contribution in [3.63, 3.8) is 0 Å². The molecule has 0 aromatic heterocycles. The Kier molecular flexibility index (Phi) is 4.86. The van der Waals surface area contributed by atoms with Crippen LogP contribution in [0, 0.1) is 3.57 Å². The van der Waals surface area contributed by atoms with Gasteiger partial charge in [0.05, 0.1) is 6.61 Å². The van der Waals surface area contributed by atoms with E-state index in [1.165, 1.54) is 9.13 Å². The Morgan fingerprint density at radius 2 is 1.59 bits per heavy atom. The van der Waals surface area contributed by atoms with Crippen molar-refractivity contribution in [2.45, 2.75) is 12.8 Å². The van der Waals surface area contributed by atoms with Gasteiger partial charge in [-0.1, -0.05) is 30.3 Å². The second-order valence-electron chi connectivity index (χ2n) is 3.89. The normalized spacial score (nSPS) is 10.2. The highest BCUT2D eigenvalue weighted by Crippen LogP contribution is 2.14. The van der Waals surface area contributed by atoms with Crippen LogP contribution in [-0.2, 0) is 6.42 Å². The molecule has 2 aromatic carbocycles. The molecule has 0 heterocycles. The molecule has 0 saturated carbocycles. The van der Waals surface area contributed by atoms with Crippen LogP contribution in [0.25, 0.3) is 0 Å². The molecule has 0 atom stereocenters. The van der Waals surface area contributed by atoms with Gasteiger partial charge < -0.3 is 4.74 Å². The molecule has 2 rings (SSSR count). The smallest absolute Gasteiger partial charge is 0.119 e. The third kappa shape index (κ3) is 4.38. The third-order valence-electron chi connectivity index (χ3n) is 2.53. The van der Waals surface area contributed by atoms with Crippen LogP contribution in [0.1, 0.15) is 12.0 Å². The summed E-state index contributed by atoms with van der Waals surface area (Å²) in [6, 6.07) is 18.7. The summed E-state index contributed by atoms with van der Waals surface area (Å²) in [6.07, 6.45) is 2.13. The summed E-state index contributed by atoms with van der Waals surface area (Å²) >= 11 is 2.29. The van der Waals surface area contributed by atoms with E-state index in [-0.39, 0.29) is 0 Å². The van der Waals surface area contributed by atoms with Crippen molar-refractivity contribution < 1.29 is 4.74 Å². The molecule has 0 radical (unpaired) electrons. The van der Waals surface area contributed by atoms with Crippen molar-refractivity contribution >= 4 is 22.6 Å². The molecule has 2 heteroatoms. The van der Waals surface area contributed by atoms with E-state index in [1.54, 1.807) is 0 Å². The number of ether oxygens (including phenoxy) is 1. The molecule has 0 aliphatic carbocycles. The van der Waals surface area contributed by atoms with E-state index in [2.05, 4.69) is 59.0 Å². The molecule has 0 aliphatic rings. The first-order valence-corrected chi connectivity index (χ1v) is 6.85. The van der Waals surface area contributed by atoms with Crippen molar-refractivity contribution in [2.75, 3.05) is 6.61 Å². The molecule has 17 heavy (non-hydrogen) atoms. The molecular formula is C15H15IO. The second-order valence-corrected chi connectivity index (χ2v) is 5.14. The van der Waals surface area contributed by atoms with Crippen LogP contribution in [0.2, 0.25) is 0 Å². The fourth-order valence-electron chi connectivity index (χ4n) is 1.64. The highest BCUT2D eigenvalue weighted by molar-refractivity contribution is 14.1. The van der Waals surface area contributed by atoms with Crippen molar-refractivity contribution in [1.82, 2.24) is 0 Å². The van der Waals surface area contributed by atoms with Gasteiger partial charge in [-0.2, -0.15) is 0 Å². The van der Waals surface area contributed by atoms with Gasteiger partial charge in [-0.25, -0.2) is 0 Å². The maximum Gasteiger partial charge on any atom is 0.119 e. The number of hydrogen-bond acceptors (Lipinski definition) is 1. The Labute approximate surface area is 116 Å². The van der Waals surface area contributed by atoms with Gasteiger partial charge in [0, 0.05) is 3.57 Å². The molecular weight excluding hydrogens is 323 g/mol. The quantitative estimate of drug-likeness (QED) is 0.583. The molecule has 0 saturated heterocycles. The number of aryl methyl sites for hydroxylation is 1. The summed E-state index contributed by atoms with van der Waals surface area (Å²) in [4.78, 5) is 0. The first-order chi connectivity index (χ1) is 8.34. The van der Waals surface area contributed by atoms with Crippen molar-refractivity contribution in [1.29, 1.82) is 0 Å². The van der Waals surface area contributed by atoms with Crippen LogP contribution < -0.4 is 4.74 Å². The Morgan fingerprint density at radius 3 is 2.29 bits per heavy atom. The van der Waals surface area contributed by atoms with Crippen LogP contribution in [0.3, 0.4) is 0 Å². The Morgan fingerprint density at radius 1 is 0.882 bits per heavy atom. The number of hydrogen-bond donors (Lipinski definition) is 0. The summed E-state index contributed by atoms with van der Waals surface area (Å²) in [5, 5.41) is 0. The molecule has 2 aromatic rings. The lowest BCUT2D eigenvalue weighted by atomic mass is 10.1. The molecule has 0 unspecified atom stereocenters. The third-order valence-corrected chi connectivity index (χ3v) is 3.25. The monoisotopic (exact) mass is 338 g/mol. The number of rotatable bonds is 5. The number of halogens is 1. The molecule has 88 valence electrons. The van der Waals surface area contributed by atoms with E-state index in [4.69, 9.17) is 4.74 Å². The summed E-state index contributed by atoms with van der Waals surface area (Å²) in [5.74, 6) is 0.957. The average Bonchev–Trinajstić information content (AvgIpc) is 2.38. The summed E-state index contributed by atoms with van der Waals surface area (Å²) < 4.78 is 6.91. The van der Waals surface area contributed by atoms with E-state index < -0.39 is 0 Å². The molecule has 1 nitrogen and oxygen atoms in total. The van der Waals surface area contributed by atoms with Gasteiger partial charge in [0.25, 0.3) is 0 Å². The van der Waals surface area contributed by atoms with Crippen LogP contribution in [0.5, 0.6) is 5.75 Å². The van der Waals surface area contributed by atoms with Crippen LogP contribution in [-0.4, -0.2) is 6.61 Å². The molecule has 0 aliphatic heterocycles. The van der Waals surface area contributed by atoms with Gasteiger partial charge in [-0.3, -0.25) is 0 Å². The lowest BCUT2D eigenvalue weighted by Crippen LogP contribution is -1.99. The van der Waals surface area contributed by atoms with Crippen molar-refractivity contribution in [3.8, 4) is 5.75 Å². The maximum absolute atomic E-state index is 5.68. The maximum atomic E-state index is 5.68. The first kappa shape index (κ1) is 12.4. The molecule has 0 N–H and O–H groups in total. The Balaban J connectivity index is 1.71.